The van der Waals surface area contributed by atoms with Crippen molar-refractivity contribution in [1.82, 2.24) is 5.32 Å². The lowest BCUT2D eigenvalue weighted by atomic mass is 9.98. The van der Waals surface area contributed by atoms with Crippen molar-refractivity contribution in [2.75, 3.05) is 25.6 Å². The molecular formula is C18H25N3O2. The summed E-state index contributed by atoms with van der Waals surface area (Å²) < 4.78 is 4.92. The number of hydrogen-bond donors (Lipinski definition) is 2. The fraction of sp³-hybridized carbons (Fsp3) is 0.444. The Kier molecular flexibility index (Phi) is 7.86. The normalized spacial score (nSPS) is 11.2. The minimum absolute atomic E-state index is 0.0559. The van der Waals surface area contributed by atoms with E-state index in [-0.39, 0.29) is 11.5 Å². The molecule has 0 saturated heterocycles. The number of carbonyl (C=O) groups excluding carboxylic acids is 1. The van der Waals surface area contributed by atoms with Crippen molar-refractivity contribution in [2.24, 2.45) is 0 Å². The first-order chi connectivity index (χ1) is 11.0. The number of rotatable bonds is 8. The number of hydrogen-bond acceptors (Lipinski definition) is 4. The molecule has 2 N–H and O–H groups in total. The second kappa shape index (κ2) is 9.65. The molecule has 0 fully saturated rings. The van der Waals surface area contributed by atoms with E-state index in [1.54, 1.807) is 7.11 Å². The lowest BCUT2D eigenvalue weighted by Crippen LogP contribution is -2.26. The zero-order chi connectivity index (χ0) is 17.2. The molecule has 0 saturated carbocycles. The molecule has 1 aromatic carbocycles. The van der Waals surface area contributed by atoms with Crippen LogP contribution in [-0.2, 0) is 9.53 Å². The number of methoxy groups -OCH3 is 1. The number of carbonyl (C=O) groups is 1. The summed E-state index contributed by atoms with van der Waals surface area (Å²) in [6, 6.07) is 7.99. The van der Waals surface area contributed by atoms with Crippen LogP contribution in [0.2, 0.25) is 0 Å². The Hall–Kier alpha value is -2.32. The molecule has 124 valence electrons. The molecule has 5 nitrogen and oxygen atoms in total. The van der Waals surface area contributed by atoms with Gasteiger partial charge >= 0.3 is 0 Å². The third-order valence-electron chi connectivity index (χ3n) is 3.46. The smallest absolute Gasteiger partial charge is 0.263 e. The predicted molar refractivity (Wildman–Crippen MR) is 92.1 cm³/mol. The Balaban J connectivity index is 2.81. The average Bonchev–Trinajstić information content (AvgIpc) is 2.53. The first-order valence-corrected chi connectivity index (χ1v) is 7.74. The van der Waals surface area contributed by atoms with Crippen LogP contribution in [0.25, 0.3) is 0 Å². The van der Waals surface area contributed by atoms with E-state index in [1.807, 2.05) is 31.2 Å². The Morgan fingerprint density at radius 2 is 2.17 bits per heavy atom. The van der Waals surface area contributed by atoms with E-state index in [0.717, 1.165) is 16.8 Å². The fourth-order valence-corrected chi connectivity index (χ4v) is 2.18. The van der Waals surface area contributed by atoms with E-state index >= 15 is 0 Å². The molecule has 23 heavy (non-hydrogen) atoms. The number of ether oxygens (including phenoxy) is 1. The minimum atomic E-state index is -0.379. The molecule has 0 aromatic heterocycles. The van der Waals surface area contributed by atoms with Gasteiger partial charge in [-0.2, -0.15) is 5.26 Å². The first-order valence-electron chi connectivity index (χ1n) is 7.74. The topological polar surface area (TPSA) is 74.1 Å². The van der Waals surface area contributed by atoms with Crippen LogP contribution >= 0.6 is 0 Å². The van der Waals surface area contributed by atoms with Crippen molar-refractivity contribution < 1.29 is 9.53 Å². The van der Waals surface area contributed by atoms with Gasteiger partial charge in [0.1, 0.15) is 11.6 Å². The van der Waals surface area contributed by atoms with E-state index in [1.165, 1.54) is 6.20 Å². The largest absolute Gasteiger partial charge is 0.385 e. The highest BCUT2D eigenvalue weighted by Crippen LogP contribution is 2.27. The van der Waals surface area contributed by atoms with E-state index < -0.39 is 0 Å². The first kappa shape index (κ1) is 18.7. The zero-order valence-electron chi connectivity index (χ0n) is 14.3. The quantitative estimate of drug-likeness (QED) is 0.439. The lowest BCUT2D eigenvalue weighted by molar-refractivity contribution is -0.117. The summed E-state index contributed by atoms with van der Waals surface area (Å²) >= 11 is 0. The summed E-state index contributed by atoms with van der Waals surface area (Å²) in [5, 5.41) is 15.0. The second-order valence-corrected chi connectivity index (χ2v) is 5.61. The number of amides is 1. The van der Waals surface area contributed by atoms with Crippen LogP contribution < -0.4 is 10.6 Å². The highest BCUT2D eigenvalue weighted by molar-refractivity contribution is 5.97. The van der Waals surface area contributed by atoms with E-state index in [9.17, 15) is 10.1 Å². The van der Waals surface area contributed by atoms with Gasteiger partial charge in [-0.1, -0.05) is 32.0 Å². The van der Waals surface area contributed by atoms with Crippen molar-refractivity contribution >= 4 is 11.6 Å². The van der Waals surface area contributed by atoms with Crippen molar-refractivity contribution in [3.8, 4) is 6.07 Å². The molecule has 0 unspecified atom stereocenters. The average molecular weight is 315 g/mol. The van der Waals surface area contributed by atoms with Gasteiger partial charge in [-0.3, -0.25) is 4.79 Å². The number of aryl methyl sites for hydroxylation is 1. The van der Waals surface area contributed by atoms with Gasteiger partial charge in [0.25, 0.3) is 5.91 Å². The van der Waals surface area contributed by atoms with Crippen LogP contribution in [0, 0.1) is 18.3 Å². The molecule has 0 spiro atoms. The third-order valence-corrected chi connectivity index (χ3v) is 3.46. The molecular weight excluding hydrogens is 290 g/mol. The SMILES string of the molecule is COCCCNC(=O)/C(C#N)=C\Nc1c(C)cccc1C(C)C. The van der Waals surface area contributed by atoms with Gasteiger partial charge in [-0.05, 0) is 30.4 Å². The molecule has 1 amide bonds. The molecule has 1 aromatic rings. The van der Waals surface area contributed by atoms with Gasteiger partial charge in [0, 0.05) is 32.1 Å². The number of nitriles is 1. The maximum absolute atomic E-state index is 12.0. The molecule has 0 bridgehead atoms. The van der Waals surface area contributed by atoms with Gasteiger partial charge in [0.15, 0.2) is 0 Å². The van der Waals surface area contributed by atoms with Crippen molar-refractivity contribution in [1.29, 1.82) is 5.26 Å². The second-order valence-electron chi connectivity index (χ2n) is 5.61. The molecule has 0 aliphatic rings. The Labute approximate surface area is 138 Å². The summed E-state index contributed by atoms with van der Waals surface area (Å²) in [5.74, 6) is -0.0324. The summed E-state index contributed by atoms with van der Waals surface area (Å²) in [7, 11) is 1.61. The standard InChI is InChI=1S/C18H25N3O2/c1-13(2)16-8-5-7-14(3)17(16)21-12-15(11-19)18(22)20-9-6-10-23-4/h5,7-8,12-13,21H,6,9-10H2,1-4H3,(H,20,22)/b15-12-. The lowest BCUT2D eigenvalue weighted by Gasteiger charge is -2.15. The molecule has 1 rings (SSSR count). The van der Waals surface area contributed by atoms with E-state index in [0.29, 0.717) is 25.5 Å². The van der Waals surface area contributed by atoms with Crippen molar-refractivity contribution in [3.63, 3.8) is 0 Å². The van der Waals surface area contributed by atoms with Gasteiger partial charge < -0.3 is 15.4 Å². The molecule has 5 heteroatoms. The van der Waals surface area contributed by atoms with Crippen molar-refractivity contribution in [3.05, 3.63) is 41.1 Å². The fourth-order valence-electron chi connectivity index (χ4n) is 2.18. The Morgan fingerprint density at radius 1 is 1.43 bits per heavy atom. The number of para-hydroxylation sites is 1. The van der Waals surface area contributed by atoms with Crippen LogP contribution in [0.15, 0.2) is 30.0 Å². The summed E-state index contributed by atoms with van der Waals surface area (Å²) in [6.45, 7) is 7.27. The van der Waals surface area contributed by atoms with E-state index in [2.05, 4.69) is 24.5 Å². The van der Waals surface area contributed by atoms with Crippen molar-refractivity contribution in [2.45, 2.75) is 33.1 Å². The number of benzene rings is 1. The molecule has 0 heterocycles. The maximum atomic E-state index is 12.0. The van der Waals surface area contributed by atoms with Gasteiger partial charge in [0.05, 0.1) is 0 Å². The molecule has 0 atom stereocenters. The van der Waals surface area contributed by atoms with Crippen LogP contribution in [0.5, 0.6) is 0 Å². The molecule has 0 aliphatic heterocycles. The molecule has 0 radical (unpaired) electrons. The third kappa shape index (κ3) is 5.76. The van der Waals surface area contributed by atoms with Crippen LogP contribution in [0.1, 0.15) is 37.3 Å². The highest BCUT2D eigenvalue weighted by atomic mass is 16.5. The van der Waals surface area contributed by atoms with E-state index in [4.69, 9.17) is 4.74 Å². The minimum Gasteiger partial charge on any atom is -0.385 e. The zero-order valence-corrected chi connectivity index (χ0v) is 14.3. The number of anilines is 1. The van der Waals surface area contributed by atoms with Crippen LogP contribution in [0.4, 0.5) is 5.69 Å². The van der Waals surface area contributed by atoms with Crippen LogP contribution in [-0.4, -0.2) is 26.2 Å². The number of nitrogens with one attached hydrogen (secondary N) is 2. The summed E-state index contributed by atoms with van der Waals surface area (Å²) in [4.78, 5) is 12.0. The van der Waals surface area contributed by atoms with Crippen LogP contribution in [0.3, 0.4) is 0 Å². The van der Waals surface area contributed by atoms with Gasteiger partial charge in [-0.15, -0.1) is 0 Å². The Bertz CT molecular complexity index is 601. The summed E-state index contributed by atoms with van der Waals surface area (Å²) in [6.07, 6.45) is 2.18. The highest BCUT2D eigenvalue weighted by Gasteiger charge is 2.11. The monoisotopic (exact) mass is 315 g/mol. The Morgan fingerprint density at radius 3 is 2.78 bits per heavy atom. The van der Waals surface area contributed by atoms with Gasteiger partial charge in [-0.25, -0.2) is 0 Å². The number of nitrogens with zero attached hydrogens (tertiary/aromatic N) is 1. The predicted octanol–water partition coefficient (Wildman–Crippen LogP) is 3.09. The maximum Gasteiger partial charge on any atom is 0.263 e. The molecule has 0 aliphatic carbocycles. The van der Waals surface area contributed by atoms with Gasteiger partial charge in [0.2, 0.25) is 0 Å². The summed E-state index contributed by atoms with van der Waals surface area (Å²) in [5.41, 5.74) is 3.23.